The number of aromatic nitrogens is 1. The van der Waals surface area contributed by atoms with Gasteiger partial charge in [0, 0.05) is 18.7 Å². The molecule has 1 aromatic heterocycles. The average Bonchev–Trinajstić information content (AvgIpc) is 3.19. The molecule has 2 N–H and O–H groups in total. The largest absolute Gasteiger partial charge is 0.404 e. The van der Waals surface area contributed by atoms with Crippen molar-refractivity contribution in [3.63, 3.8) is 0 Å². The minimum absolute atomic E-state index is 0.0551. The van der Waals surface area contributed by atoms with E-state index in [1.165, 1.54) is 15.4 Å². The molecular formula is C18H17ClF5N3O3S. The molecule has 1 aliphatic heterocycles. The van der Waals surface area contributed by atoms with Crippen LogP contribution in [0.25, 0.3) is 0 Å². The molecule has 0 saturated heterocycles. The van der Waals surface area contributed by atoms with E-state index in [1.807, 2.05) is 4.72 Å². The van der Waals surface area contributed by atoms with E-state index in [0.29, 0.717) is 32.0 Å². The van der Waals surface area contributed by atoms with Gasteiger partial charge in [-0.3, -0.25) is 9.52 Å². The van der Waals surface area contributed by atoms with Crippen LogP contribution >= 0.6 is 11.6 Å². The Morgan fingerprint density at radius 1 is 1.26 bits per heavy atom. The lowest BCUT2D eigenvalue weighted by Crippen LogP contribution is -2.45. The van der Waals surface area contributed by atoms with Crippen LogP contribution in [0.15, 0.2) is 18.2 Å². The van der Waals surface area contributed by atoms with Gasteiger partial charge in [0.15, 0.2) is 17.4 Å². The number of nitrogens with one attached hydrogen (secondary N) is 2. The van der Waals surface area contributed by atoms with Crippen LogP contribution in [-0.4, -0.2) is 31.0 Å². The topological polar surface area (TPSA) is 80.2 Å². The maximum Gasteiger partial charge on any atom is 0.404 e. The summed E-state index contributed by atoms with van der Waals surface area (Å²) in [6.45, 7) is 0.976. The number of anilines is 1. The lowest BCUT2D eigenvalue weighted by molar-refractivity contribution is -0.147. The van der Waals surface area contributed by atoms with E-state index in [2.05, 4.69) is 0 Å². The van der Waals surface area contributed by atoms with Gasteiger partial charge in [0.25, 0.3) is 10.2 Å². The van der Waals surface area contributed by atoms with Crippen molar-refractivity contribution in [3.8, 4) is 0 Å². The van der Waals surface area contributed by atoms with Gasteiger partial charge < -0.3 is 4.57 Å². The fourth-order valence-electron chi connectivity index (χ4n) is 3.30. The highest BCUT2D eigenvalue weighted by Gasteiger charge is 2.39. The highest BCUT2D eigenvalue weighted by atomic mass is 35.5. The first kappa shape index (κ1) is 23.5. The number of ketones is 1. The molecule has 170 valence electrons. The third kappa shape index (κ3) is 5.01. The van der Waals surface area contributed by atoms with Crippen molar-refractivity contribution in [3.05, 3.63) is 51.8 Å². The third-order valence-electron chi connectivity index (χ3n) is 4.78. The predicted octanol–water partition coefficient (Wildman–Crippen LogP) is 3.99. The molecule has 6 nitrogen and oxygen atoms in total. The molecule has 2 aromatic rings. The van der Waals surface area contributed by atoms with Gasteiger partial charge in [-0.2, -0.15) is 26.3 Å². The number of carbonyl (C=O) groups excluding carboxylic acids is 1. The number of alkyl halides is 3. The summed E-state index contributed by atoms with van der Waals surface area (Å²) in [6.07, 6.45) is -4.24. The van der Waals surface area contributed by atoms with Gasteiger partial charge in [0.05, 0.1) is 10.7 Å². The minimum Gasteiger partial charge on any atom is -0.339 e. The number of Topliss-reactive ketones (excluding diaryl/α,β-unsaturated/α-hetero) is 1. The van der Waals surface area contributed by atoms with E-state index in [-0.39, 0.29) is 28.4 Å². The van der Waals surface area contributed by atoms with Crippen molar-refractivity contribution in [2.75, 3.05) is 4.72 Å². The van der Waals surface area contributed by atoms with Crippen LogP contribution in [0.1, 0.15) is 35.1 Å². The standard InChI is InChI=1S/C18H17ClF5N3O3S/c1-9(18(22,23)24)25-31(29,30)26-16-13-3-2-6-27(13)17(15(16)19)14(28)8-10-4-5-11(20)12(21)7-10/h4-5,7,9,25-26H,2-3,6,8H2,1H3/t9-/m1/s1. The summed E-state index contributed by atoms with van der Waals surface area (Å²) in [4.78, 5) is 12.8. The lowest BCUT2D eigenvalue weighted by Gasteiger charge is -2.18. The normalized spacial score (nSPS) is 15.1. The monoisotopic (exact) mass is 485 g/mol. The smallest absolute Gasteiger partial charge is 0.339 e. The molecule has 31 heavy (non-hydrogen) atoms. The molecule has 1 aliphatic rings. The van der Waals surface area contributed by atoms with Crippen molar-refractivity contribution in [2.24, 2.45) is 0 Å². The van der Waals surface area contributed by atoms with Crippen molar-refractivity contribution < 1.29 is 35.2 Å². The molecule has 1 aromatic carbocycles. The van der Waals surface area contributed by atoms with Crippen molar-refractivity contribution in [1.82, 2.24) is 9.29 Å². The summed E-state index contributed by atoms with van der Waals surface area (Å²) in [6, 6.07) is 0.606. The quantitative estimate of drug-likeness (QED) is 0.460. The first-order valence-electron chi connectivity index (χ1n) is 9.05. The van der Waals surface area contributed by atoms with Crippen molar-refractivity contribution >= 4 is 33.3 Å². The van der Waals surface area contributed by atoms with Crippen LogP contribution in [0.4, 0.5) is 27.6 Å². The minimum atomic E-state index is -4.80. The summed E-state index contributed by atoms with van der Waals surface area (Å²) >= 11 is 6.24. The number of halogens is 6. The Morgan fingerprint density at radius 2 is 1.94 bits per heavy atom. The van der Waals surface area contributed by atoms with Crippen molar-refractivity contribution in [1.29, 1.82) is 0 Å². The fourth-order valence-corrected chi connectivity index (χ4v) is 4.87. The lowest BCUT2D eigenvalue weighted by atomic mass is 10.1. The van der Waals surface area contributed by atoms with Crippen LogP contribution in [0.5, 0.6) is 0 Å². The SMILES string of the molecule is C[C@@H](NS(=O)(=O)Nc1c(Cl)c(C(=O)Cc2ccc(F)c(F)c2)n2c1CCC2)C(F)(F)F. The number of nitrogens with zero attached hydrogens (tertiary/aromatic N) is 1. The number of hydrogen-bond donors (Lipinski definition) is 2. The number of carbonyl (C=O) groups is 1. The Bertz CT molecular complexity index is 1130. The molecule has 0 amide bonds. The molecule has 2 heterocycles. The number of benzene rings is 1. The molecule has 0 bridgehead atoms. The zero-order valence-electron chi connectivity index (χ0n) is 16.0. The molecule has 3 rings (SSSR count). The summed E-state index contributed by atoms with van der Waals surface area (Å²) in [5, 5.41) is -0.271. The Hall–Kier alpha value is -2.18. The van der Waals surface area contributed by atoms with Crippen LogP contribution in [-0.2, 0) is 29.6 Å². The van der Waals surface area contributed by atoms with Crippen LogP contribution in [0, 0.1) is 11.6 Å². The van der Waals surface area contributed by atoms with Gasteiger partial charge in [-0.25, -0.2) is 8.78 Å². The van der Waals surface area contributed by atoms with E-state index < -0.39 is 39.8 Å². The van der Waals surface area contributed by atoms with E-state index in [1.54, 1.807) is 0 Å². The first-order chi connectivity index (χ1) is 14.3. The molecule has 0 aliphatic carbocycles. The second-order valence-corrected chi connectivity index (χ2v) is 8.90. The number of fused-ring (bicyclic) bond motifs is 1. The van der Waals surface area contributed by atoms with Gasteiger partial charge in [-0.05, 0) is 37.5 Å². The maximum absolute atomic E-state index is 13.4. The van der Waals surface area contributed by atoms with E-state index >= 15 is 0 Å². The molecule has 0 saturated carbocycles. The highest BCUT2D eigenvalue weighted by molar-refractivity contribution is 7.90. The molecule has 1 atom stereocenters. The second-order valence-electron chi connectivity index (χ2n) is 7.07. The Labute approximate surface area is 179 Å². The Balaban J connectivity index is 1.90. The Morgan fingerprint density at radius 3 is 2.55 bits per heavy atom. The van der Waals surface area contributed by atoms with Gasteiger partial charge in [0.2, 0.25) is 0 Å². The fraction of sp³-hybridized carbons (Fsp3) is 0.389. The third-order valence-corrected chi connectivity index (χ3v) is 6.28. The molecular weight excluding hydrogens is 469 g/mol. The van der Waals surface area contributed by atoms with E-state index in [9.17, 15) is 35.2 Å². The summed E-state index contributed by atoms with van der Waals surface area (Å²) in [5.41, 5.74) is 0.287. The first-order valence-corrected chi connectivity index (χ1v) is 10.9. The highest BCUT2D eigenvalue weighted by Crippen LogP contribution is 2.38. The maximum atomic E-state index is 13.4. The number of hydrogen-bond acceptors (Lipinski definition) is 3. The summed E-state index contributed by atoms with van der Waals surface area (Å²) in [7, 11) is -4.66. The molecule has 13 heteroatoms. The van der Waals surface area contributed by atoms with Gasteiger partial charge in [-0.15, -0.1) is 0 Å². The zero-order valence-corrected chi connectivity index (χ0v) is 17.6. The molecule has 0 spiro atoms. The average molecular weight is 486 g/mol. The molecule has 0 unspecified atom stereocenters. The van der Waals surface area contributed by atoms with Crippen LogP contribution in [0.2, 0.25) is 5.02 Å². The second kappa shape index (κ2) is 8.40. The summed E-state index contributed by atoms with van der Waals surface area (Å²) in [5.74, 6) is -2.79. The van der Waals surface area contributed by atoms with Crippen LogP contribution < -0.4 is 9.44 Å². The van der Waals surface area contributed by atoms with Crippen molar-refractivity contribution in [2.45, 2.75) is 44.9 Å². The molecule has 0 radical (unpaired) electrons. The number of rotatable bonds is 7. The molecule has 0 fully saturated rings. The predicted molar refractivity (Wildman–Crippen MR) is 103 cm³/mol. The summed E-state index contributed by atoms with van der Waals surface area (Å²) < 4.78 is 94.0. The van der Waals surface area contributed by atoms with E-state index in [4.69, 9.17) is 11.6 Å². The Kier molecular flexibility index (Phi) is 6.36. The van der Waals surface area contributed by atoms with E-state index in [0.717, 1.165) is 12.1 Å². The van der Waals surface area contributed by atoms with Gasteiger partial charge >= 0.3 is 6.18 Å². The van der Waals surface area contributed by atoms with Gasteiger partial charge in [0.1, 0.15) is 11.7 Å². The zero-order chi connectivity index (χ0) is 23.1. The van der Waals surface area contributed by atoms with Gasteiger partial charge in [-0.1, -0.05) is 17.7 Å². The van der Waals surface area contributed by atoms with Crippen LogP contribution in [0.3, 0.4) is 0 Å².